The number of nitrogens with zero attached hydrogens (tertiary/aromatic N) is 2. The largest absolute Gasteiger partial charge is 0.367 e. The third-order valence-corrected chi connectivity index (χ3v) is 6.84. The van der Waals surface area contributed by atoms with Gasteiger partial charge in [0.05, 0.1) is 11.0 Å². The van der Waals surface area contributed by atoms with Crippen LogP contribution in [-0.4, -0.2) is 40.5 Å². The Bertz CT molecular complexity index is 1100. The van der Waals surface area contributed by atoms with Crippen molar-refractivity contribution in [2.45, 2.75) is 32.2 Å². The number of piperidine rings is 1. The maximum Gasteiger partial charge on any atom is 0.134 e. The summed E-state index contributed by atoms with van der Waals surface area (Å²) in [5.41, 5.74) is 8.26. The van der Waals surface area contributed by atoms with E-state index < -0.39 is 0 Å². The molecule has 2 unspecified atom stereocenters. The Kier molecular flexibility index (Phi) is 4.95. The van der Waals surface area contributed by atoms with Crippen LogP contribution in [0.1, 0.15) is 37.6 Å². The third kappa shape index (κ3) is 3.35. The number of hydrogen-bond acceptors (Lipinski definition) is 3. The quantitative estimate of drug-likeness (QED) is 0.692. The van der Waals surface area contributed by atoms with Crippen molar-refractivity contribution in [3.05, 3.63) is 78.2 Å². The molecule has 1 aromatic heterocycles. The molecule has 0 bridgehead atoms. The first-order valence-corrected chi connectivity index (χ1v) is 11.0. The molecule has 3 heterocycles. The van der Waals surface area contributed by atoms with Gasteiger partial charge >= 0.3 is 0 Å². The molecule has 4 nitrogen and oxygen atoms in total. The van der Waals surface area contributed by atoms with Crippen molar-refractivity contribution in [1.29, 1.82) is 0 Å². The second-order valence-electron chi connectivity index (χ2n) is 8.76. The van der Waals surface area contributed by atoms with Crippen molar-refractivity contribution in [2.24, 2.45) is 5.92 Å². The first-order chi connectivity index (χ1) is 14.6. The Labute approximate surface area is 178 Å². The molecule has 4 heteroatoms. The van der Waals surface area contributed by atoms with E-state index in [0.29, 0.717) is 6.04 Å². The summed E-state index contributed by atoms with van der Waals surface area (Å²) in [6, 6.07) is 7.10. The van der Waals surface area contributed by atoms with E-state index in [1.54, 1.807) is 0 Å². The average Bonchev–Trinajstić information content (AvgIpc) is 3.48. The number of fused-ring (bicyclic) bond motifs is 2. The van der Waals surface area contributed by atoms with Crippen LogP contribution >= 0.6 is 0 Å². The molecule has 3 aliphatic rings. The Morgan fingerprint density at radius 2 is 2.20 bits per heavy atom. The number of rotatable bonds is 5. The summed E-state index contributed by atoms with van der Waals surface area (Å²) < 4.78 is 0. The van der Waals surface area contributed by atoms with Crippen molar-refractivity contribution in [2.75, 3.05) is 19.6 Å². The van der Waals surface area contributed by atoms with Crippen molar-refractivity contribution in [3.63, 3.8) is 0 Å². The van der Waals surface area contributed by atoms with Crippen LogP contribution in [0.15, 0.2) is 66.8 Å². The lowest BCUT2D eigenvalue weighted by molar-refractivity contribution is 0.195. The maximum absolute atomic E-state index is 4.93. The minimum Gasteiger partial charge on any atom is -0.367 e. The van der Waals surface area contributed by atoms with Crippen LogP contribution in [0.25, 0.3) is 22.3 Å². The zero-order chi connectivity index (χ0) is 20.7. The van der Waals surface area contributed by atoms with Crippen molar-refractivity contribution >= 4 is 22.3 Å². The number of likely N-dealkylation sites (tertiary alicyclic amines) is 1. The molecule has 0 spiro atoms. The minimum absolute atomic E-state index is 0.580. The topological polar surface area (TPSA) is 44.0 Å². The molecule has 1 aromatic carbocycles. The average molecular weight is 399 g/mol. The number of aromatic nitrogens is 2. The lowest BCUT2D eigenvalue weighted by Gasteiger charge is -2.40. The number of allylic oxidation sites excluding steroid dienone is 7. The first kappa shape index (κ1) is 19.1. The molecule has 2 atom stereocenters. The summed E-state index contributed by atoms with van der Waals surface area (Å²) in [5.74, 6) is 1.72. The Hall–Kier alpha value is -2.85. The van der Waals surface area contributed by atoms with Gasteiger partial charge in [-0.2, -0.15) is 0 Å². The summed E-state index contributed by atoms with van der Waals surface area (Å²) in [4.78, 5) is 11.0. The predicted molar refractivity (Wildman–Crippen MR) is 126 cm³/mol. The van der Waals surface area contributed by atoms with Crippen LogP contribution in [0.4, 0.5) is 0 Å². The van der Waals surface area contributed by atoms with Gasteiger partial charge in [-0.3, -0.25) is 0 Å². The summed E-state index contributed by atoms with van der Waals surface area (Å²) in [6.07, 6.45) is 11.7. The van der Waals surface area contributed by atoms with E-state index >= 15 is 0 Å². The molecule has 2 aromatic rings. The summed E-state index contributed by atoms with van der Waals surface area (Å²) in [7, 11) is 0. The monoisotopic (exact) mass is 398 g/mol. The van der Waals surface area contributed by atoms with Gasteiger partial charge in [0.15, 0.2) is 0 Å². The zero-order valence-electron chi connectivity index (χ0n) is 17.7. The molecular formula is C26H30N4. The van der Waals surface area contributed by atoms with Gasteiger partial charge in [0, 0.05) is 31.4 Å². The highest BCUT2D eigenvalue weighted by molar-refractivity contribution is 5.84. The second-order valence-corrected chi connectivity index (χ2v) is 8.76. The SMILES string of the molecule is C=C/C=C\C1=C(C)CC(c2nc3cc(C(=C)N4CCCC5CNCC54)ccc3[nH]2)=C1. The Morgan fingerprint density at radius 1 is 1.30 bits per heavy atom. The highest BCUT2D eigenvalue weighted by Crippen LogP contribution is 2.35. The molecule has 5 rings (SSSR count). The van der Waals surface area contributed by atoms with E-state index in [0.717, 1.165) is 54.5 Å². The smallest absolute Gasteiger partial charge is 0.134 e. The molecule has 2 N–H and O–H groups in total. The van der Waals surface area contributed by atoms with E-state index in [-0.39, 0.29) is 0 Å². The van der Waals surface area contributed by atoms with Gasteiger partial charge < -0.3 is 15.2 Å². The lowest BCUT2D eigenvalue weighted by atomic mass is 9.91. The highest BCUT2D eigenvalue weighted by atomic mass is 15.2. The van der Waals surface area contributed by atoms with Crippen molar-refractivity contribution in [1.82, 2.24) is 20.2 Å². The molecule has 2 fully saturated rings. The molecule has 30 heavy (non-hydrogen) atoms. The fourth-order valence-corrected chi connectivity index (χ4v) is 5.17. The van der Waals surface area contributed by atoms with Gasteiger partial charge in [-0.15, -0.1) is 0 Å². The van der Waals surface area contributed by atoms with Crippen LogP contribution in [0.5, 0.6) is 0 Å². The van der Waals surface area contributed by atoms with Gasteiger partial charge in [0.2, 0.25) is 0 Å². The molecule has 154 valence electrons. The number of nitrogens with one attached hydrogen (secondary N) is 2. The first-order valence-electron chi connectivity index (χ1n) is 11.0. The molecule has 0 radical (unpaired) electrons. The Balaban J connectivity index is 1.40. The lowest BCUT2D eigenvalue weighted by Crippen LogP contribution is -2.43. The van der Waals surface area contributed by atoms with E-state index in [9.17, 15) is 0 Å². The maximum atomic E-state index is 4.93. The summed E-state index contributed by atoms with van der Waals surface area (Å²) in [6.45, 7) is 13.7. The Morgan fingerprint density at radius 3 is 3.07 bits per heavy atom. The van der Waals surface area contributed by atoms with E-state index in [1.165, 1.54) is 35.1 Å². The molecule has 0 saturated carbocycles. The highest BCUT2D eigenvalue weighted by Gasteiger charge is 2.35. The van der Waals surface area contributed by atoms with Crippen LogP contribution in [-0.2, 0) is 0 Å². The number of hydrogen-bond donors (Lipinski definition) is 2. The van der Waals surface area contributed by atoms with Crippen molar-refractivity contribution < 1.29 is 0 Å². The van der Waals surface area contributed by atoms with Crippen LogP contribution in [0, 0.1) is 5.92 Å². The van der Waals surface area contributed by atoms with Gasteiger partial charge in [-0.05, 0) is 67.0 Å². The normalized spacial score (nSPS) is 24.0. The fraction of sp³-hybridized carbons (Fsp3) is 0.346. The van der Waals surface area contributed by atoms with Crippen LogP contribution in [0.2, 0.25) is 0 Å². The van der Waals surface area contributed by atoms with Crippen LogP contribution in [0.3, 0.4) is 0 Å². The standard InChI is InChI=1S/C26H30N4/c1-4-5-7-19-13-22(12-17(19)2)26-28-23-10-9-20(14-24(23)29-26)18(3)30-11-6-8-21-15-27-16-25(21)30/h4-5,7,9-10,13-14,21,25,27H,1,3,6,8,11-12,15-16H2,2H3,(H,28,29)/b7-5-. The van der Waals surface area contributed by atoms with Gasteiger partial charge in [-0.1, -0.05) is 43.0 Å². The van der Waals surface area contributed by atoms with E-state index in [1.807, 2.05) is 12.2 Å². The molecule has 1 aliphatic carbocycles. The minimum atomic E-state index is 0.580. The number of benzene rings is 1. The van der Waals surface area contributed by atoms with Crippen molar-refractivity contribution in [3.8, 4) is 0 Å². The van der Waals surface area contributed by atoms with Gasteiger partial charge in [0.1, 0.15) is 5.82 Å². The van der Waals surface area contributed by atoms with Gasteiger partial charge in [0.25, 0.3) is 0 Å². The second kappa shape index (κ2) is 7.77. The predicted octanol–water partition coefficient (Wildman–Crippen LogP) is 5.06. The molecule has 2 saturated heterocycles. The van der Waals surface area contributed by atoms with E-state index in [4.69, 9.17) is 4.98 Å². The molecule has 2 aliphatic heterocycles. The summed E-state index contributed by atoms with van der Waals surface area (Å²) in [5, 5.41) is 3.56. The fourth-order valence-electron chi connectivity index (χ4n) is 5.17. The molecule has 0 amide bonds. The number of imidazole rings is 1. The van der Waals surface area contributed by atoms with Gasteiger partial charge in [-0.25, -0.2) is 4.98 Å². The molecular weight excluding hydrogens is 368 g/mol. The van der Waals surface area contributed by atoms with Crippen LogP contribution < -0.4 is 5.32 Å². The summed E-state index contributed by atoms with van der Waals surface area (Å²) >= 11 is 0. The van der Waals surface area contributed by atoms with E-state index in [2.05, 4.69) is 65.6 Å². The number of H-pyrrole nitrogens is 1. The number of aromatic amines is 1. The third-order valence-electron chi connectivity index (χ3n) is 6.84. The zero-order valence-corrected chi connectivity index (χ0v) is 17.7.